The van der Waals surface area contributed by atoms with Gasteiger partial charge < -0.3 is 25.3 Å². The molecule has 35 heavy (non-hydrogen) atoms. The monoisotopic (exact) mass is 571 g/mol. The van der Waals surface area contributed by atoms with E-state index in [1.165, 1.54) is 0 Å². The van der Waals surface area contributed by atoms with Crippen LogP contribution in [0.15, 0.2) is 60.8 Å². The molecule has 0 bridgehead atoms. The molecule has 0 aliphatic carbocycles. The molecule has 1 aliphatic rings. The molecule has 1 fully saturated rings. The SMILES string of the molecule is Br.CN(CCOc1ccc(CC2SC(=O)NC2=O)cc1)c1ccccn1.O.O=C(O)C=CC(=O)O. The van der Waals surface area contributed by atoms with E-state index in [1.807, 2.05) is 54.4 Å². The van der Waals surface area contributed by atoms with Crippen molar-refractivity contribution in [2.24, 2.45) is 0 Å². The molecule has 1 aromatic heterocycles. The van der Waals surface area contributed by atoms with Crippen molar-refractivity contribution in [1.29, 1.82) is 0 Å². The van der Waals surface area contributed by atoms with Crippen molar-refractivity contribution >= 4 is 57.6 Å². The van der Waals surface area contributed by atoms with Gasteiger partial charge in [-0.3, -0.25) is 14.9 Å². The zero-order chi connectivity index (χ0) is 24.2. The molecule has 1 atom stereocenters. The number of hydrogen-bond acceptors (Lipinski definition) is 8. The minimum atomic E-state index is -1.26. The summed E-state index contributed by atoms with van der Waals surface area (Å²) in [6, 6.07) is 13.4. The van der Waals surface area contributed by atoms with Crippen LogP contribution in [0.25, 0.3) is 0 Å². The molecule has 2 aromatic rings. The Morgan fingerprint density at radius 3 is 2.23 bits per heavy atom. The number of carboxylic acid groups (broad SMARTS) is 2. The second-order valence-corrected chi connectivity index (χ2v) is 7.87. The molecule has 0 radical (unpaired) electrons. The van der Waals surface area contributed by atoms with Crippen LogP contribution >= 0.6 is 28.7 Å². The Bertz CT molecular complexity index is 990. The first-order valence-corrected chi connectivity index (χ1v) is 10.6. The quantitative estimate of drug-likeness (QED) is 0.376. The van der Waals surface area contributed by atoms with Crippen molar-refractivity contribution < 1.29 is 39.6 Å². The minimum absolute atomic E-state index is 0. The average Bonchev–Trinajstić information content (AvgIpc) is 3.11. The number of rotatable bonds is 9. The lowest BCUT2D eigenvalue weighted by Gasteiger charge is -2.18. The lowest BCUT2D eigenvalue weighted by atomic mass is 10.1. The summed E-state index contributed by atoms with van der Waals surface area (Å²) in [7, 11) is 1.97. The molecule has 11 nitrogen and oxygen atoms in total. The van der Waals surface area contributed by atoms with Gasteiger partial charge in [0.05, 0.1) is 11.8 Å². The van der Waals surface area contributed by atoms with Crippen molar-refractivity contribution in [3.05, 3.63) is 66.4 Å². The number of pyridine rings is 1. The van der Waals surface area contributed by atoms with Gasteiger partial charge in [-0.25, -0.2) is 14.6 Å². The van der Waals surface area contributed by atoms with Gasteiger partial charge in [0, 0.05) is 25.4 Å². The molecule has 5 N–H and O–H groups in total. The third-order valence-corrected chi connectivity index (χ3v) is 5.20. The van der Waals surface area contributed by atoms with Gasteiger partial charge in [0.15, 0.2) is 0 Å². The van der Waals surface area contributed by atoms with Gasteiger partial charge >= 0.3 is 11.9 Å². The molecular formula is C22H26BrN3O8S. The molecule has 2 amide bonds. The van der Waals surface area contributed by atoms with Crippen LogP contribution in [-0.4, -0.2) is 69.2 Å². The first-order chi connectivity index (χ1) is 15.7. The van der Waals surface area contributed by atoms with Crippen molar-refractivity contribution in [3.8, 4) is 5.75 Å². The number of carbonyl (C=O) groups excluding carboxylic acids is 2. The fourth-order valence-electron chi connectivity index (χ4n) is 2.60. The molecule has 1 saturated heterocycles. The highest BCUT2D eigenvalue weighted by Crippen LogP contribution is 2.23. The lowest BCUT2D eigenvalue weighted by Crippen LogP contribution is -2.25. The van der Waals surface area contributed by atoms with Crippen LogP contribution in [0.2, 0.25) is 0 Å². The van der Waals surface area contributed by atoms with Crippen molar-refractivity contribution in [2.45, 2.75) is 11.7 Å². The third-order valence-electron chi connectivity index (χ3n) is 4.22. The molecule has 1 aromatic carbocycles. The number of amides is 2. The first-order valence-electron chi connectivity index (χ1n) is 9.74. The lowest BCUT2D eigenvalue weighted by molar-refractivity contribution is -0.134. The fraction of sp³-hybridized carbons (Fsp3) is 0.227. The second kappa shape index (κ2) is 16.2. The fourth-order valence-corrected chi connectivity index (χ4v) is 3.46. The normalized spacial score (nSPS) is 14.0. The van der Waals surface area contributed by atoms with Gasteiger partial charge in [0.2, 0.25) is 5.91 Å². The molecule has 190 valence electrons. The summed E-state index contributed by atoms with van der Waals surface area (Å²) in [5, 5.41) is 17.3. The number of nitrogens with one attached hydrogen (secondary N) is 1. The zero-order valence-corrected chi connectivity index (χ0v) is 21.1. The van der Waals surface area contributed by atoms with Gasteiger partial charge in [-0.1, -0.05) is 30.0 Å². The molecule has 3 rings (SSSR count). The summed E-state index contributed by atoms with van der Waals surface area (Å²) in [5.41, 5.74) is 1.00. The Morgan fingerprint density at radius 1 is 1.11 bits per heavy atom. The molecule has 2 heterocycles. The van der Waals surface area contributed by atoms with Gasteiger partial charge in [-0.2, -0.15) is 0 Å². The van der Waals surface area contributed by atoms with Crippen molar-refractivity contribution in [3.63, 3.8) is 0 Å². The number of carbonyl (C=O) groups is 4. The smallest absolute Gasteiger partial charge is 0.328 e. The Labute approximate surface area is 216 Å². The summed E-state index contributed by atoms with van der Waals surface area (Å²) in [6.45, 7) is 1.27. The average molecular weight is 572 g/mol. The molecule has 1 aliphatic heterocycles. The van der Waals surface area contributed by atoms with Gasteiger partial charge in [-0.15, -0.1) is 17.0 Å². The largest absolute Gasteiger partial charge is 0.492 e. The highest BCUT2D eigenvalue weighted by Gasteiger charge is 2.31. The molecule has 13 heteroatoms. The maximum atomic E-state index is 11.6. The number of aliphatic carboxylic acids is 2. The maximum Gasteiger partial charge on any atom is 0.328 e. The summed E-state index contributed by atoms with van der Waals surface area (Å²) < 4.78 is 5.75. The van der Waals surface area contributed by atoms with Gasteiger partial charge in [0.1, 0.15) is 18.2 Å². The van der Waals surface area contributed by atoms with Gasteiger partial charge in [-0.05, 0) is 36.2 Å². The summed E-state index contributed by atoms with van der Waals surface area (Å²) in [6.07, 6.45) is 3.41. The Balaban J connectivity index is 0.00000101. The molecule has 1 unspecified atom stereocenters. The summed E-state index contributed by atoms with van der Waals surface area (Å²) in [4.78, 5) is 48.2. The number of aromatic nitrogens is 1. The van der Waals surface area contributed by atoms with Crippen LogP contribution in [-0.2, 0) is 20.8 Å². The minimum Gasteiger partial charge on any atom is -0.492 e. The Hall–Kier alpha value is -3.42. The zero-order valence-electron chi connectivity index (χ0n) is 18.6. The Kier molecular flexibility index (Phi) is 14.7. The van der Waals surface area contributed by atoms with E-state index in [0.29, 0.717) is 25.2 Å². The van der Waals surface area contributed by atoms with Gasteiger partial charge in [0.25, 0.3) is 5.24 Å². The number of anilines is 1. The standard InChI is InChI=1S/C18H19N3O3S.C4H4O4.BrH.H2O/c1-21(16-4-2-3-9-19-16)10-11-24-14-7-5-13(6-8-14)12-15-17(22)20-18(23)25-15;5-3(6)1-2-4(7)8;;/h2-9,15H,10-12H2,1H3,(H,20,22,23);1-2H,(H,5,6)(H,7,8);1H;1H2. The predicted molar refractivity (Wildman–Crippen MR) is 136 cm³/mol. The van der Waals surface area contributed by atoms with E-state index < -0.39 is 11.9 Å². The first kappa shape index (κ1) is 31.6. The van der Waals surface area contributed by atoms with Crippen molar-refractivity contribution in [2.75, 3.05) is 25.1 Å². The number of hydrogen-bond donors (Lipinski definition) is 3. The Morgan fingerprint density at radius 2 is 1.74 bits per heavy atom. The number of imide groups is 1. The summed E-state index contributed by atoms with van der Waals surface area (Å²) in [5.74, 6) is -1.05. The van der Waals surface area contributed by atoms with E-state index in [0.717, 1.165) is 35.4 Å². The van der Waals surface area contributed by atoms with E-state index in [2.05, 4.69) is 10.3 Å². The number of carboxylic acids is 2. The summed E-state index contributed by atoms with van der Waals surface area (Å²) >= 11 is 1.05. The van der Waals surface area contributed by atoms with Crippen LogP contribution in [0, 0.1) is 0 Å². The van der Waals surface area contributed by atoms with E-state index in [-0.39, 0.29) is 38.9 Å². The number of nitrogens with zero attached hydrogens (tertiary/aromatic N) is 2. The number of ether oxygens (including phenoxy) is 1. The van der Waals surface area contributed by atoms with Crippen LogP contribution in [0.4, 0.5) is 10.6 Å². The van der Waals surface area contributed by atoms with Crippen LogP contribution in [0.3, 0.4) is 0 Å². The number of benzene rings is 1. The van der Waals surface area contributed by atoms with Crippen LogP contribution < -0.4 is 15.0 Å². The van der Waals surface area contributed by atoms with E-state index in [4.69, 9.17) is 14.9 Å². The maximum absolute atomic E-state index is 11.6. The van der Waals surface area contributed by atoms with E-state index in [9.17, 15) is 19.2 Å². The number of thioether (sulfide) groups is 1. The highest BCUT2D eigenvalue weighted by atomic mass is 79.9. The van der Waals surface area contributed by atoms with Crippen LogP contribution in [0.5, 0.6) is 5.75 Å². The number of halogens is 1. The van der Waals surface area contributed by atoms with E-state index >= 15 is 0 Å². The third kappa shape index (κ3) is 12.0. The van der Waals surface area contributed by atoms with Crippen LogP contribution in [0.1, 0.15) is 5.56 Å². The topological polar surface area (TPSA) is 178 Å². The van der Waals surface area contributed by atoms with Crippen molar-refractivity contribution in [1.82, 2.24) is 10.3 Å². The highest BCUT2D eigenvalue weighted by molar-refractivity contribution is 8.93. The number of likely N-dealkylation sites (N-methyl/N-ethyl adjacent to an activating group) is 1. The molecule has 0 spiro atoms. The van der Waals surface area contributed by atoms with E-state index in [1.54, 1.807) is 6.20 Å². The predicted octanol–water partition coefficient (Wildman–Crippen LogP) is 1.96. The second-order valence-electron chi connectivity index (χ2n) is 6.70. The molecule has 0 saturated carbocycles. The molecular weight excluding hydrogens is 546 g/mol.